The van der Waals surface area contributed by atoms with Gasteiger partial charge in [-0.05, 0) is 68.7 Å². The molecule has 0 saturated heterocycles. The van der Waals surface area contributed by atoms with Crippen molar-refractivity contribution in [2.24, 2.45) is 0 Å². The van der Waals surface area contributed by atoms with Gasteiger partial charge in [-0.3, -0.25) is 0 Å². The van der Waals surface area contributed by atoms with E-state index >= 15 is 0 Å². The molecule has 0 fully saturated rings. The molecule has 4 nitrogen and oxygen atoms in total. The third kappa shape index (κ3) is 8.99. The van der Waals surface area contributed by atoms with Gasteiger partial charge in [-0.25, -0.2) is 0 Å². The predicted molar refractivity (Wildman–Crippen MR) is 153 cm³/mol. The minimum atomic E-state index is -0.842. The Bertz CT molecular complexity index is 1070. The monoisotopic (exact) mass is 526 g/mol. The molecular formula is C30H38O4S2. The van der Waals surface area contributed by atoms with Gasteiger partial charge in [-0.1, -0.05) is 36.4 Å². The summed E-state index contributed by atoms with van der Waals surface area (Å²) in [6, 6.07) is 20.4. The highest BCUT2D eigenvalue weighted by Gasteiger charge is 2.20. The van der Waals surface area contributed by atoms with Crippen LogP contribution in [0.15, 0.2) is 60.7 Å². The Hall–Kier alpha value is -2.28. The van der Waals surface area contributed by atoms with Crippen LogP contribution in [0.4, 0.5) is 0 Å². The van der Waals surface area contributed by atoms with Crippen molar-refractivity contribution in [3.63, 3.8) is 0 Å². The summed E-state index contributed by atoms with van der Waals surface area (Å²) in [6.07, 6.45) is 0.499. The SMILES string of the molecule is CCOc1ccc(CSCc2ccc(CC(C)(C)O)c(CSCc3ccc(OCC)cc3)c2O)cc1. The van der Waals surface area contributed by atoms with Crippen molar-refractivity contribution in [3.8, 4) is 17.2 Å². The first-order chi connectivity index (χ1) is 17.3. The number of phenolic OH excluding ortho intramolecular Hbond substituents is 1. The second-order valence-electron chi connectivity index (χ2n) is 9.34. The predicted octanol–water partition coefficient (Wildman–Crippen LogP) is 7.37. The molecular weight excluding hydrogens is 488 g/mol. The Balaban J connectivity index is 1.65. The minimum absolute atomic E-state index is 0.357. The lowest BCUT2D eigenvalue weighted by Gasteiger charge is -2.21. The topological polar surface area (TPSA) is 58.9 Å². The van der Waals surface area contributed by atoms with Gasteiger partial charge in [-0.15, -0.1) is 0 Å². The van der Waals surface area contributed by atoms with Gasteiger partial charge >= 0.3 is 0 Å². The van der Waals surface area contributed by atoms with Crippen molar-refractivity contribution in [1.82, 2.24) is 0 Å². The number of hydrogen-bond acceptors (Lipinski definition) is 6. The second kappa shape index (κ2) is 13.9. The molecule has 0 aliphatic carbocycles. The number of benzene rings is 3. The molecule has 0 bridgehead atoms. The lowest BCUT2D eigenvalue weighted by atomic mass is 9.93. The van der Waals surface area contributed by atoms with Crippen molar-refractivity contribution < 1.29 is 19.7 Å². The first-order valence-corrected chi connectivity index (χ1v) is 14.7. The summed E-state index contributed by atoms with van der Waals surface area (Å²) in [5, 5.41) is 21.6. The molecule has 0 heterocycles. The molecule has 36 heavy (non-hydrogen) atoms. The van der Waals surface area contributed by atoms with Crippen molar-refractivity contribution >= 4 is 23.5 Å². The molecule has 0 amide bonds. The fourth-order valence-corrected chi connectivity index (χ4v) is 5.92. The summed E-state index contributed by atoms with van der Waals surface area (Å²) in [5.74, 6) is 5.23. The number of aromatic hydroxyl groups is 1. The van der Waals surface area contributed by atoms with Crippen molar-refractivity contribution in [1.29, 1.82) is 0 Å². The quantitative estimate of drug-likeness (QED) is 0.229. The standard InChI is InChI=1S/C30H38O4S2/c1-5-33-26-13-7-22(8-14-26)18-35-20-25-12-11-24(17-30(3,4)32)28(29(25)31)21-36-19-23-9-15-27(16-10-23)34-6-2/h7-16,31-32H,5-6,17-21H2,1-4H3. The van der Waals surface area contributed by atoms with Crippen molar-refractivity contribution in [3.05, 3.63) is 88.5 Å². The van der Waals surface area contributed by atoms with Gasteiger partial charge in [0.15, 0.2) is 0 Å². The van der Waals surface area contributed by atoms with Crippen LogP contribution < -0.4 is 9.47 Å². The fraction of sp³-hybridized carbons (Fsp3) is 0.400. The van der Waals surface area contributed by atoms with Crippen LogP contribution in [0.5, 0.6) is 17.2 Å². The lowest BCUT2D eigenvalue weighted by Crippen LogP contribution is -2.22. The maximum absolute atomic E-state index is 11.2. The number of ether oxygens (including phenoxy) is 2. The molecule has 0 aliphatic heterocycles. The molecule has 0 radical (unpaired) electrons. The van der Waals surface area contributed by atoms with Crippen molar-refractivity contribution in [2.75, 3.05) is 13.2 Å². The van der Waals surface area contributed by atoms with E-state index in [1.165, 1.54) is 11.1 Å². The Labute approximate surface area is 224 Å². The van der Waals surface area contributed by atoms with E-state index in [2.05, 4.69) is 30.3 Å². The van der Waals surface area contributed by atoms with Crippen LogP contribution in [0.2, 0.25) is 0 Å². The van der Waals surface area contributed by atoms with Gasteiger partial charge in [0.2, 0.25) is 0 Å². The number of phenols is 1. The molecule has 0 saturated carbocycles. The maximum Gasteiger partial charge on any atom is 0.123 e. The van der Waals surface area contributed by atoms with E-state index in [4.69, 9.17) is 9.47 Å². The van der Waals surface area contributed by atoms with Crippen molar-refractivity contribution in [2.45, 2.75) is 62.7 Å². The Kier molecular flexibility index (Phi) is 10.9. The third-order valence-electron chi connectivity index (χ3n) is 5.60. The van der Waals surface area contributed by atoms with Crippen LogP contribution in [-0.4, -0.2) is 29.0 Å². The number of hydrogen-bond donors (Lipinski definition) is 2. The highest BCUT2D eigenvalue weighted by molar-refractivity contribution is 7.98. The summed E-state index contributed by atoms with van der Waals surface area (Å²) in [5.41, 5.74) is 4.46. The second-order valence-corrected chi connectivity index (χ2v) is 11.3. The molecule has 3 aromatic carbocycles. The molecule has 2 N–H and O–H groups in total. The van der Waals surface area contributed by atoms with E-state index in [1.54, 1.807) is 23.5 Å². The average molecular weight is 527 g/mol. The van der Waals surface area contributed by atoms with E-state index < -0.39 is 5.60 Å². The Morgan fingerprint density at radius 1 is 0.667 bits per heavy atom. The van der Waals surface area contributed by atoms with Crippen LogP contribution in [0.3, 0.4) is 0 Å². The normalized spacial score (nSPS) is 11.5. The van der Waals surface area contributed by atoms with Gasteiger partial charge in [0.25, 0.3) is 0 Å². The number of thioether (sulfide) groups is 2. The lowest BCUT2D eigenvalue weighted by molar-refractivity contribution is 0.0807. The van der Waals surface area contributed by atoms with E-state index in [1.807, 2.05) is 58.0 Å². The molecule has 0 unspecified atom stereocenters. The van der Waals surface area contributed by atoms with Gasteiger partial charge in [0.05, 0.1) is 18.8 Å². The largest absolute Gasteiger partial charge is 0.507 e. The summed E-state index contributed by atoms with van der Waals surface area (Å²) in [6.45, 7) is 8.90. The molecule has 0 aliphatic rings. The summed E-state index contributed by atoms with van der Waals surface area (Å²) < 4.78 is 11.0. The fourth-order valence-electron chi connectivity index (χ4n) is 3.88. The Morgan fingerprint density at radius 3 is 1.61 bits per heavy atom. The zero-order valence-electron chi connectivity index (χ0n) is 21.8. The molecule has 194 valence electrons. The molecule has 3 rings (SSSR count). The molecule has 0 atom stereocenters. The first kappa shape index (κ1) is 28.3. The summed E-state index contributed by atoms with van der Waals surface area (Å²) >= 11 is 3.54. The Morgan fingerprint density at radius 2 is 1.14 bits per heavy atom. The van der Waals surface area contributed by atoms with Crippen LogP contribution in [0, 0.1) is 0 Å². The number of rotatable bonds is 14. The first-order valence-electron chi connectivity index (χ1n) is 12.4. The highest BCUT2D eigenvalue weighted by atomic mass is 32.2. The van der Waals surface area contributed by atoms with Crippen LogP contribution in [0.1, 0.15) is 55.5 Å². The van der Waals surface area contributed by atoms with Gasteiger partial charge in [0, 0.05) is 40.6 Å². The minimum Gasteiger partial charge on any atom is -0.507 e. The van der Waals surface area contributed by atoms with E-state index in [-0.39, 0.29) is 0 Å². The zero-order valence-corrected chi connectivity index (χ0v) is 23.4. The maximum atomic E-state index is 11.2. The van der Waals surface area contributed by atoms with Crippen LogP contribution in [0.25, 0.3) is 0 Å². The van der Waals surface area contributed by atoms with Gasteiger partial charge < -0.3 is 19.7 Å². The number of aliphatic hydroxyl groups is 1. The van der Waals surface area contributed by atoms with Gasteiger partial charge in [-0.2, -0.15) is 23.5 Å². The van der Waals surface area contributed by atoms with E-state index in [0.29, 0.717) is 31.1 Å². The van der Waals surface area contributed by atoms with E-state index in [0.717, 1.165) is 45.4 Å². The zero-order chi connectivity index (χ0) is 26.0. The third-order valence-corrected chi connectivity index (χ3v) is 7.68. The average Bonchev–Trinajstić information content (AvgIpc) is 2.84. The molecule has 6 heteroatoms. The smallest absolute Gasteiger partial charge is 0.123 e. The molecule has 0 aromatic heterocycles. The van der Waals surface area contributed by atoms with Crippen LogP contribution >= 0.6 is 23.5 Å². The highest BCUT2D eigenvalue weighted by Crippen LogP contribution is 2.35. The molecule has 3 aromatic rings. The van der Waals surface area contributed by atoms with Gasteiger partial charge in [0.1, 0.15) is 17.2 Å². The summed E-state index contributed by atoms with van der Waals surface area (Å²) in [4.78, 5) is 0. The van der Waals surface area contributed by atoms with Crippen LogP contribution in [-0.2, 0) is 29.4 Å². The summed E-state index contributed by atoms with van der Waals surface area (Å²) in [7, 11) is 0. The van der Waals surface area contributed by atoms with E-state index in [9.17, 15) is 10.2 Å². The molecule has 0 spiro atoms.